The van der Waals surface area contributed by atoms with Crippen LogP contribution in [-0.2, 0) is 22.7 Å². The van der Waals surface area contributed by atoms with Crippen LogP contribution in [0.2, 0.25) is 0 Å². The number of benzene rings is 1. The number of hydrogen-bond donors (Lipinski definition) is 2. The summed E-state index contributed by atoms with van der Waals surface area (Å²) in [5.74, 6) is -0.719. The lowest BCUT2D eigenvalue weighted by molar-refractivity contribution is -0.136. The highest BCUT2D eigenvalue weighted by Crippen LogP contribution is 2.28. The van der Waals surface area contributed by atoms with Gasteiger partial charge < -0.3 is 10.2 Å². The summed E-state index contributed by atoms with van der Waals surface area (Å²) >= 11 is 0. The van der Waals surface area contributed by atoms with E-state index in [1.54, 1.807) is 4.90 Å². The summed E-state index contributed by atoms with van der Waals surface area (Å²) in [5.41, 5.74) is 2.89. The van der Waals surface area contributed by atoms with Gasteiger partial charge in [-0.15, -0.1) is 0 Å². The van der Waals surface area contributed by atoms with E-state index in [0.717, 1.165) is 57.4 Å². The van der Waals surface area contributed by atoms with E-state index in [1.807, 2.05) is 12.1 Å². The van der Waals surface area contributed by atoms with Crippen LogP contribution in [0.15, 0.2) is 18.2 Å². The van der Waals surface area contributed by atoms with E-state index >= 15 is 0 Å². The standard InChI is InChI=1S/C23H31N5O3/c29-21-4-3-20(22(30)25-21)28-15-17-13-16(1-2-19(17)23(28)31)14-26-9-11-27(12-10-26)18-5-7-24-8-6-18/h1-2,13,18,20,24H,3-12,14-15H2,(H,25,29,30). The number of carbonyl (C=O) groups excluding carboxylic acids is 3. The number of amides is 3. The maximum Gasteiger partial charge on any atom is 0.255 e. The molecule has 1 atom stereocenters. The van der Waals surface area contributed by atoms with Gasteiger partial charge in [0.05, 0.1) is 0 Å². The molecule has 4 aliphatic rings. The van der Waals surface area contributed by atoms with E-state index in [1.165, 1.54) is 18.4 Å². The van der Waals surface area contributed by atoms with Crippen molar-refractivity contribution < 1.29 is 14.4 Å². The highest BCUT2D eigenvalue weighted by molar-refractivity contribution is 6.05. The summed E-state index contributed by atoms with van der Waals surface area (Å²) < 4.78 is 0. The van der Waals surface area contributed by atoms with E-state index in [0.29, 0.717) is 18.5 Å². The molecule has 1 aromatic rings. The fourth-order valence-electron chi connectivity index (χ4n) is 5.44. The first-order valence-electron chi connectivity index (χ1n) is 11.5. The number of hydrogen-bond acceptors (Lipinski definition) is 6. The minimum Gasteiger partial charge on any atom is -0.322 e. The van der Waals surface area contributed by atoms with E-state index < -0.39 is 6.04 Å². The molecule has 3 saturated heterocycles. The first-order valence-corrected chi connectivity index (χ1v) is 11.5. The maximum absolute atomic E-state index is 12.9. The van der Waals surface area contributed by atoms with Crippen molar-refractivity contribution >= 4 is 17.7 Å². The van der Waals surface area contributed by atoms with Gasteiger partial charge in [0.15, 0.2) is 0 Å². The summed E-state index contributed by atoms with van der Waals surface area (Å²) in [4.78, 5) is 43.3. The monoisotopic (exact) mass is 425 g/mol. The minimum atomic E-state index is -0.552. The summed E-state index contributed by atoms with van der Waals surface area (Å²) in [5, 5.41) is 5.81. The van der Waals surface area contributed by atoms with Crippen LogP contribution in [0, 0.1) is 0 Å². The third-order valence-corrected chi connectivity index (χ3v) is 7.23. The molecule has 3 amide bonds. The summed E-state index contributed by atoms with van der Waals surface area (Å²) in [7, 11) is 0. The number of nitrogens with zero attached hydrogens (tertiary/aromatic N) is 3. The predicted octanol–water partition coefficient (Wildman–Crippen LogP) is 0.317. The minimum absolute atomic E-state index is 0.105. The van der Waals surface area contributed by atoms with Crippen LogP contribution < -0.4 is 10.6 Å². The molecule has 4 heterocycles. The van der Waals surface area contributed by atoms with Gasteiger partial charge in [-0.25, -0.2) is 0 Å². The average Bonchev–Trinajstić information content (AvgIpc) is 3.10. The first kappa shape index (κ1) is 20.6. The molecule has 0 bridgehead atoms. The molecule has 8 nitrogen and oxygen atoms in total. The quantitative estimate of drug-likeness (QED) is 0.676. The number of carbonyl (C=O) groups is 3. The zero-order valence-corrected chi connectivity index (χ0v) is 17.9. The van der Waals surface area contributed by atoms with Crippen molar-refractivity contribution in [1.29, 1.82) is 0 Å². The van der Waals surface area contributed by atoms with Crippen LogP contribution in [-0.4, -0.2) is 83.8 Å². The summed E-state index contributed by atoms with van der Waals surface area (Å²) in [6.07, 6.45) is 3.19. The Morgan fingerprint density at radius 1 is 0.968 bits per heavy atom. The van der Waals surface area contributed by atoms with Crippen molar-refractivity contribution in [1.82, 2.24) is 25.3 Å². The molecular weight excluding hydrogens is 394 g/mol. The van der Waals surface area contributed by atoms with Gasteiger partial charge in [0.2, 0.25) is 11.8 Å². The molecule has 31 heavy (non-hydrogen) atoms. The Morgan fingerprint density at radius 3 is 2.48 bits per heavy atom. The van der Waals surface area contributed by atoms with Crippen LogP contribution >= 0.6 is 0 Å². The Balaban J connectivity index is 1.19. The number of piperidine rings is 2. The summed E-state index contributed by atoms with van der Waals surface area (Å²) in [6.45, 7) is 7.99. The van der Waals surface area contributed by atoms with Gasteiger partial charge in [0.1, 0.15) is 6.04 Å². The molecule has 166 valence electrons. The van der Waals surface area contributed by atoms with Gasteiger partial charge in [-0.3, -0.25) is 29.5 Å². The van der Waals surface area contributed by atoms with Crippen LogP contribution in [0.5, 0.6) is 0 Å². The molecule has 1 unspecified atom stereocenters. The number of piperazine rings is 1. The van der Waals surface area contributed by atoms with Gasteiger partial charge in [0.25, 0.3) is 5.91 Å². The largest absolute Gasteiger partial charge is 0.322 e. The van der Waals surface area contributed by atoms with Crippen molar-refractivity contribution in [3.63, 3.8) is 0 Å². The van der Waals surface area contributed by atoms with Gasteiger partial charge in [-0.1, -0.05) is 12.1 Å². The lowest BCUT2D eigenvalue weighted by atomic mass is 10.0. The zero-order chi connectivity index (χ0) is 21.4. The van der Waals surface area contributed by atoms with E-state index in [9.17, 15) is 14.4 Å². The van der Waals surface area contributed by atoms with Crippen molar-refractivity contribution in [2.45, 2.75) is 50.9 Å². The average molecular weight is 426 g/mol. The van der Waals surface area contributed by atoms with Crippen LogP contribution in [0.3, 0.4) is 0 Å². The highest BCUT2D eigenvalue weighted by Gasteiger charge is 2.39. The maximum atomic E-state index is 12.9. The molecule has 8 heteroatoms. The van der Waals surface area contributed by atoms with Crippen molar-refractivity contribution in [3.05, 3.63) is 34.9 Å². The smallest absolute Gasteiger partial charge is 0.255 e. The van der Waals surface area contributed by atoms with Crippen molar-refractivity contribution in [3.8, 4) is 0 Å². The number of nitrogens with one attached hydrogen (secondary N) is 2. The SMILES string of the molecule is O=C1CCC(N2Cc3cc(CN4CCN(C5CCNCC5)CC4)ccc3C2=O)C(=O)N1. The second kappa shape index (κ2) is 8.68. The number of imide groups is 1. The van der Waals surface area contributed by atoms with Crippen LogP contribution in [0.4, 0.5) is 0 Å². The second-order valence-electron chi connectivity index (χ2n) is 9.18. The van der Waals surface area contributed by atoms with Crippen molar-refractivity contribution in [2.75, 3.05) is 39.3 Å². The molecule has 0 radical (unpaired) electrons. The molecule has 0 spiro atoms. The van der Waals surface area contributed by atoms with Gasteiger partial charge in [-0.05, 0) is 49.5 Å². The topological polar surface area (TPSA) is 85.0 Å². The Morgan fingerprint density at radius 2 is 1.74 bits per heavy atom. The third-order valence-electron chi connectivity index (χ3n) is 7.23. The third kappa shape index (κ3) is 4.24. The van der Waals surface area contributed by atoms with Crippen LogP contribution in [0.25, 0.3) is 0 Å². The molecular formula is C23H31N5O3. The Kier molecular flexibility index (Phi) is 5.77. The predicted molar refractivity (Wildman–Crippen MR) is 115 cm³/mol. The summed E-state index contributed by atoms with van der Waals surface area (Å²) in [6, 6.07) is 6.25. The van der Waals surface area contributed by atoms with Gasteiger partial charge in [0, 0.05) is 57.3 Å². The highest BCUT2D eigenvalue weighted by atomic mass is 16.2. The zero-order valence-electron chi connectivity index (χ0n) is 17.9. The second-order valence-corrected chi connectivity index (χ2v) is 9.18. The van der Waals surface area contributed by atoms with Crippen LogP contribution in [0.1, 0.15) is 47.2 Å². The first-order chi connectivity index (χ1) is 15.1. The Labute approximate surface area is 182 Å². The van der Waals surface area contributed by atoms with E-state index in [2.05, 4.69) is 26.5 Å². The molecule has 2 N–H and O–H groups in total. The Bertz CT molecular complexity index is 874. The van der Waals surface area contributed by atoms with E-state index in [4.69, 9.17) is 0 Å². The van der Waals surface area contributed by atoms with E-state index in [-0.39, 0.29) is 24.1 Å². The number of rotatable bonds is 4. The molecule has 3 fully saturated rings. The lowest BCUT2D eigenvalue weighted by Crippen LogP contribution is -2.52. The normalized spacial score (nSPS) is 26.3. The molecule has 5 rings (SSSR count). The molecule has 0 aliphatic carbocycles. The van der Waals surface area contributed by atoms with Crippen molar-refractivity contribution in [2.24, 2.45) is 0 Å². The molecule has 1 aromatic carbocycles. The lowest BCUT2D eigenvalue weighted by Gasteiger charge is -2.41. The Hall–Kier alpha value is -2.29. The number of fused-ring (bicyclic) bond motifs is 1. The molecule has 4 aliphatic heterocycles. The molecule has 0 saturated carbocycles. The van der Waals surface area contributed by atoms with Gasteiger partial charge in [-0.2, -0.15) is 0 Å². The fourth-order valence-corrected chi connectivity index (χ4v) is 5.44. The fraction of sp³-hybridized carbons (Fsp3) is 0.609. The van der Waals surface area contributed by atoms with Gasteiger partial charge >= 0.3 is 0 Å². The molecule has 0 aromatic heterocycles.